The molecule has 0 spiro atoms. The molecule has 1 aliphatic heterocycles. The van der Waals surface area contributed by atoms with Gasteiger partial charge in [0.1, 0.15) is 11.8 Å². The molecule has 2 atom stereocenters. The number of carbonyl (C=O) groups excluding carboxylic acids is 1. The Hall–Kier alpha value is -2.08. The topological polar surface area (TPSA) is 87.1 Å². The van der Waals surface area contributed by atoms with Crippen LogP contribution < -0.4 is 4.74 Å². The van der Waals surface area contributed by atoms with Crippen molar-refractivity contribution in [3.8, 4) is 5.75 Å². The molecule has 0 aromatic heterocycles. The van der Waals surface area contributed by atoms with Gasteiger partial charge >= 0.3 is 5.97 Å². The molecule has 2 N–H and O–H groups in total. The van der Waals surface area contributed by atoms with Crippen LogP contribution in [-0.4, -0.2) is 52.8 Å². The van der Waals surface area contributed by atoms with Crippen LogP contribution in [0.1, 0.15) is 16.8 Å². The third-order valence-corrected chi connectivity index (χ3v) is 3.16. The summed E-state index contributed by atoms with van der Waals surface area (Å²) in [6, 6.07) is 5.62. The standard InChI is InChI=1S/C13H15NO5/c1-19-11-5-3-2-4-9(11)12(16)14-7-8(15)6-10(14)13(17)18/h2-5,8,10,15H,6-7H2,1H3,(H,17,18)/t8?,10-/m0/s1. The number of carboxylic acid groups (broad SMARTS) is 1. The van der Waals surface area contributed by atoms with Gasteiger partial charge in [-0.3, -0.25) is 4.79 Å². The summed E-state index contributed by atoms with van der Waals surface area (Å²) in [5.74, 6) is -1.17. The molecule has 6 nitrogen and oxygen atoms in total. The summed E-state index contributed by atoms with van der Waals surface area (Å²) in [6.07, 6.45) is -0.754. The van der Waals surface area contributed by atoms with Crippen molar-refractivity contribution >= 4 is 11.9 Å². The van der Waals surface area contributed by atoms with Gasteiger partial charge in [0, 0.05) is 13.0 Å². The maximum Gasteiger partial charge on any atom is 0.326 e. The van der Waals surface area contributed by atoms with Crippen molar-refractivity contribution in [2.75, 3.05) is 13.7 Å². The molecule has 19 heavy (non-hydrogen) atoms. The first-order valence-electron chi connectivity index (χ1n) is 5.89. The molecule has 1 amide bonds. The lowest BCUT2D eigenvalue weighted by atomic mass is 10.1. The van der Waals surface area contributed by atoms with Crippen molar-refractivity contribution < 1.29 is 24.5 Å². The van der Waals surface area contributed by atoms with E-state index in [0.29, 0.717) is 11.3 Å². The normalized spacial score (nSPS) is 22.3. The number of amides is 1. The molecule has 2 rings (SSSR count). The number of aliphatic carboxylic acids is 1. The largest absolute Gasteiger partial charge is 0.496 e. The van der Waals surface area contributed by atoms with E-state index in [1.165, 1.54) is 12.0 Å². The number of likely N-dealkylation sites (tertiary alicyclic amines) is 1. The van der Waals surface area contributed by atoms with Crippen LogP contribution in [0, 0.1) is 0 Å². The molecule has 6 heteroatoms. The van der Waals surface area contributed by atoms with Crippen LogP contribution in [0.15, 0.2) is 24.3 Å². The number of benzene rings is 1. The number of rotatable bonds is 3. The monoisotopic (exact) mass is 265 g/mol. The summed E-state index contributed by atoms with van der Waals surface area (Å²) >= 11 is 0. The Kier molecular flexibility index (Phi) is 3.71. The van der Waals surface area contributed by atoms with Gasteiger partial charge in [0.2, 0.25) is 0 Å². The number of nitrogens with zero attached hydrogens (tertiary/aromatic N) is 1. The Morgan fingerprint density at radius 2 is 2.05 bits per heavy atom. The minimum Gasteiger partial charge on any atom is -0.496 e. The highest BCUT2D eigenvalue weighted by Crippen LogP contribution is 2.25. The molecule has 1 heterocycles. The lowest BCUT2D eigenvalue weighted by molar-refractivity contribution is -0.141. The number of carbonyl (C=O) groups is 2. The SMILES string of the molecule is COc1ccccc1C(=O)N1CC(O)C[C@H]1C(=O)O. The molecule has 1 fully saturated rings. The molecule has 1 saturated heterocycles. The van der Waals surface area contributed by atoms with Crippen LogP contribution in [0.5, 0.6) is 5.75 Å². The summed E-state index contributed by atoms with van der Waals surface area (Å²) < 4.78 is 5.09. The second-order valence-corrected chi connectivity index (χ2v) is 4.40. The van der Waals surface area contributed by atoms with Crippen LogP contribution in [-0.2, 0) is 4.79 Å². The average Bonchev–Trinajstić information content (AvgIpc) is 2.80. The summed E-state index contributed by atoms with van der Waals surface area (Å²) in [4.78, 5) is 24.6. The lowest BCUT2D eigenvalue weighted by Crippen LogP contribution is -2.40. The first-order chi connectivity index (χ1) is 9.04. The summed E-state index contributed by atoms with van der Waals surface area (Å²) in [5, 5.41) is 18.6. The predicted molar refractivity (Wildman–Crippen MR) is 66.1 cm³/mol. The van der Waals surface area contributed by atoms with E-state index in [-0.39, 0.29) is 13.0 Å². The molecular weight excluding hydrogens is 250 g/mol. The zero-order valence-corrected chi connectivity index (χ0v) is 10.4. The highest BCUT2D eigenvalue weighted by atomic mass is 16.5. The van der Waals surface area contributed by atoms with Crippen molar-refractivity contribution in [2.24, 2.45) is 0 Å². The van der Waals surface area contributed by atoms with Crippen LogP contribution in [0.4, 0.5) is 0 Å². The van der Waals surface area contributed by atoms with E-state index in [0.717, 1.165) is 0 Å². The maximum absolute atomic E-state index is 12.4. The molecule has 0 radical (unpaired) electrons. The van der Waals surface area contributed by atoms with E-state index < -0.39 is 24.0 Å². The third kappa shape index (κ3) is 2.53. The minimum absolute atomic E-state index is 0.0217. The molecule has 1 aliphatic rings. The summed E-state index contributed by atoms with van der Waals surface area (Å²) in [6.45, 7) is 0.0217. The fourth-order valence-corrected chi connectivity index (χ4v) is 2.25. The second-order valence-electron chi connectivity index (χ2n) is 4.40. The smallest absolute Gasteiger partial charge is 0.326 e. The van der Waals surface area contributed by atoms with Gasteiger partial charge in [-0.05, 0) is 12.1 Å². The van der Waals surface area contributed by atoms with E-state index in [1.54, 1.807) is 24.3 Å². The number of aliphatic hydroxyl groups excluding tert-OH is 1. The number of β-amino-alcohol motifs (C(OH)–C–C–N with tert-alkyl or cyclic N) is 1. The zero-order chi connectivity index (χ0) is 14.0. The van der Waals surface area contributed by atoms with Crippen LogP contribution in [0.3, 0.4) is 0 Å². The van der Waals surface area contributed by atoms with Crippen molar-refractivity contribution in [1.82, 2.24) is 4.90 Å². The van der Waals surface area contributed by atoms with Gasteiger partial charge in [0.15, 0.2) is 0 Å². The van der Waals surface area contributed by atoms with Gasteiger partial charge in [-0.1, -0.05) is 12.1 Å². The van der Waals surface area contributed by atoms with Crippen molar-refractivity contribution in [2.45, 2.75) is 18.6 Å². The van der Waals surface area contributed by atoms with Crippen molar-refractivity contribution in [3.05, 3.63) is 29.8 Å². The van der Waals surface area contributed by atoms with Gasteiger partial charge in [0.25, 0.3) is 5.91 Å². The van der Waals surface area contributed by atoms with Crippen LogP contribution in [0.25, 0.3) is 0 Å². The third-order valence-electron chi connectivity index (χ3n) is 3.16. The first-order valence-corrected chi connectivity index (χ1v) is 5.89. The molecule has 0 bridgehead atoms. The fraction of sp³-hybridized carbons (Fsp3) is 0.385. The summed E-state index contributed by atoms with van der Waals surface area (Å²) in [5.41, 5.74) is 0.297. The molecule has 1 aromatic carbocycles. The van der Waals surface area contributed by atoms with Gasteiger partial charge in [-0.15, -0.1) is 0 Å². The average molecular weight is 265 g/mol. The van der Waals surface area contributed by atoms with E-state index in [2.05, 4.69) is 0 Å². The van der Waals surface area contributed by atoms with E-state index >= 15 is 0 Å². The molecular formula is C13H15NO5. The van der Waals surface area contributed by atoms with E-state index in [4.69, 9.17) is 9.84 Å². The van der Waals surface area contributed by atoms with Gasteiger partial charge < -0.3 is 19.8 Å². The predicted octanol–water partition coefficient (Wildman–Crippen LogP) is 0.355. The van der Waals surface area contributed by atoms with Gasteiger partial charge in [-0.2, -0.15) is 0 Å². The van der Waals surface area contributed by atoms with Crippen molar-refractivity contribution in [3.63, 3.8) is 0 Å². The number of para-hydroxylation sites is 1. The quantitative estimate of drug-likeness (QED) is 0.823. The Bertz CT molecular complexity index is 502. The first kappa shape index (κ1) is 13.4. The highest BCUT2D eigenvalue weighted by molar-refractivity contribution is 5.99. The number of aliphatic hydroxyl groups is 1. The van der Waals surface area contributed by atoms with E-state index in [1.807, 2.05) is 0 Å². The molecule has 102 valence electrons. The van der Waals surface area contributed by atoms with Crippen LogP contribution in [0.2, 0.25) is 0 Å². The Morgan fingerprint density at radius 3 is 2.68 bits per heavy atom. The maximum atomic E-state index is 12.4. The molecule has 0 saturated carbocycles. The minimum atomic E-state index is -1.11. The molecule has 0 aliphatic carbocycles. The van der Waals surface area contributed by atoms with Gasteiger partial charge in [0.05, 0.1) is 18.8 Å². The lowest BCUT2D eigenvalue weighted by Gasteiger charge is -2.22. The number of hydrogen-bond acceptors (Lipinski definition) is 4. The Balaban J connectivity index is 2.30. The fourth-order valence-electron chi connectivity index (χ4n) is 2.25. The molecule has 1 aromatic rings. The second kappa shape index (κ2) is 5.27. The van der Waals surface area contributed by atoms with E-state index in [9.17, 15) is 14.7 Å². The van der Waals surface area contributed by atoms with Crippen LogP contribution >= 0.6 is 0 Å². The number of methoxy groups -OCH3 is 1. The number of hydrogen-bond donors (Lipinski definition) is 2. The van der Waals surface area contributed by atoms with Gasteiger partial charge in [-0.25, -0.2) is 4.79 Å². The molecule has 1 unspecified atom stereocenters. The Morgan fingerprint density at radius 1 is 1.37 bits per heavy atom. The highest BCUT2D eigenvalue weighted by Gasteiger charge is 2.39. The number of carboxylic acids is 1. The van der Waals surface area contributed by atoms with Crippen molar-refractivity contribution in [1.29, 1.82) is 0 Å². The summed E-state index contributed by atoms with van der Waals surface area (Å²) in [7, 11) is 1.44. The Labute approximate surface area is 110 Å². The number of ether oxygens (including phenoxy) is 1. The zero-order valence-electron chi connectivity index (χ0n) is 10.4.